The fourth-order valence-corrected chi connectivity index (χ4v) is 2.93. The molecule has 0 saturated heterocycles. The Bertz CT molecular complexity index is 129. The molecule has 1 aliphatic carbocycles. The maximum Gasteiger partial charge on any atom is 0.0142 e. The van der Waals surface area contributed by atoms with Crippen LogP contribution in [0.5, 0.6) is 0 Å². The van der Waals surface area contributed by atoms with Gasteiger partial charge in [-0.25, -0.2) is 0 Å². The average molecular weight is 198 g/mol. The zero-order valence-electron chi connectivity index (χ0n) is 5.59. The van der Waals surface area contributed by atoms with Crippen LogP contribution < -0.4 is 0 Å². The summed E-state index contributed by atoms with van der Waals surface area (Å²) in [6.07, 6.45) is 1.29. The first kappa shape index (κ1) is 8.81. The van der Waals surface area contributed by atoms with E-state index >= 15 is 0 Å². The first-order valence-corrected chi connectivity index (χ1v) is 5.34. The molecule has 5 unspecified atom stereocenters. The molecule has 0 radical (unpaired) electrons. The minimum Gasteiger partial charge on any atom is -0.126 e. The number of hydrogen-bond acceptors (Lipinski definition) is 0. The van der Waals surface area contributed by atoms with Crippen LogP contribution in [0, 0.1) is 5.92 Å². The summed E-state index contributed by atoms with van der Waals surface area (Å²) in [5.41, 5.74) is 0. The van der Waals surface area contributed by atoms with Crippen LogP contribution in [0.3, 0.4) is 0 Å². The number of rotatable bonds is 0. The summed E-state index contributed by atoms with van der Waals surface area (Å²) in [6.45, 7) is 2.28. The minimum atomic E-state index is 0.336. The highest BCUT2D eigenvalue weighted by atomic mass is 31.1. The molecule has 0 N–H and O–H groups in total. The van der Waals surface area contributed by atoms with Crippen LogP contribution in [0.15, 0.2) is 0 Å². The highest BCUT2D eigenvalue weighted by molar-refractivity contribution is 7.49. The van der Waals surface area contributed by atoms with Crippen molar-refractivity contribution < 1.29 is 0 Å². The monoisotopic (exact) mass is 198 g/mol. The molecule has 0 heterocycles. The van der Waals surface area contributed by atoms with Crippen molar-refractivity contribution in [1.82, 2.24) is 0 Å². The summed E-state index contributed by atoms with van der Waals surface area (Å²) in [5.74, 6) is 0.808. The van der Waals surface area contributed by atoms with Gasteiger partial charge in [0.2, 0.25) is 0 Å². The van der Waals surface area contributed by atoms with Gasteiger partial charge in [-0.1, -0.05) is 6.92 Å². The molecule has 0 aromatic carbocycles. The Hall–Kier alpha value is 1.72. The smallest absolute Gasteiger partial charge is 0.0142 e. The average Bonchev–Trinajstić information content (AvgIpc) is 1.65. The molecule has 5 atom stereocenters. The van der Waals surface area contributed by atoms with Gasteiger partial charge in [0, 0.05) is 9.79 Å². The highest BCUT2D eigenvalue weighted by Crippen LogP contribution is 2.65. The van der Waals surface area contributed by atoms with E-state index in [0.717, 1.165) is 5.92 Å². The van der Waals surface area contributed by atoms with Gasteiger partial charge in [0.05, 0.1) is 0 Å². The molecule has 0 amide bonds. The fraction of sp³-hybridized carbons (Fsp3) is 1.00. The maximum absolute atomic E-state index is 2.91. The lowest BCUT2D eigenvalue weighted by Gasteiger charge is -2.56. The quantitative estimate of drug-likeness (QED) is 0.521. The lowest BCUT2D eigenvalue weighted by atomic mass is 9.84. The minimum absolute atomic E-state index is 0.336. The standard InChI is InChI=1S/C5H14P4/c1-3-2-4(6,7)5(3,8)9/h3H,2,6-9H2,1H3. The van der Waals surface area contributed by atoms with Crippen LogP contribution in [-0.2, 0) is 0 Å². The van der Waals surface area contributed by atoms with E-state index in [0.29, 0.717) is 9.79 Å². The third-order valence-electron chi connectivity index (χ3n) is 2.27. The third-order valence-corrected chi connectivity index (χ3v) is 7.28. The van der Waals surface area contributed by atoms with Crippen LogP contribution in [-0.4, -0.2) is 9.79 Å². The normalized spacial score (nSPS) is 37.7. The maximum atomic E-state index is 2.91. The molecule has 1 rings (SSSR count). The molecule has 0 spiro atoms. The first-order valence-electron chi connectivity index (χ1n) is 3.03. The molecule has 1 fully saturated rings. The van der Waals surface area contributed by atoms with Gasteiger partial charge in [-0.05, 0) is 12.3 Å². The highest BCUT2D eigenvalue weighted by Gasteiger charge is 2.52. The van der Waals surface area contributed by atoms with Gasteiger partial charge in [-0.3, -0.25) is 0 Å². The Morgan fingerprint density at radius 1 is 1.22 bits per heavy atom. The molecule has 4 heteroatoms. The van der Waals surface area contributed by atoms with Gasteiger partial charge >= 0.3 is 0 Å². The first-order chi connectivity index (χ1) is 3.88. The van der Waals surface area contributed by atoms with Crippen LogP contribution in [0.2, 0.25) is 0 Å². The second-order valence-electron chi connectivity index (χ2n) is 3.08. The van der Waals surface area contributed by atoms with E-state index in [9.17, 15) is 0 Å². The topological polar surface area (TPSA) is 0 Å². The lowest BCUT2D eigenvalue weighted by molar-refractivity contribution is 0.316. The van der Waals surface area contributed by atoms with Crippen LogP contribution >= 0.6 is 37.0 Å². The van der Waals surface area contributed by atoms with Crippen molar-refractivity contribution in [3.8, 4) is 0 Å². The van der Waals surface area contributed by atoms with E-state index < -0.39 is 0 Å². The van der Waals surface area contributed by atoms with E-state index in [2.05, 4.69) is 43.9 Å². The molecule has 0 aromatic heterocycles. The van der Waals surface area contributed by atoms with Crippen LogP contribution in [0.1, 0.15) is 13.3 Å². The van der Waals surface area contributed by atoms with E-state index in [1.807, 2.05) is 0 Å². The van der Waals surface area contributed by atoms with Crippen molar-refractivity contribution >= 4 is 37.0 Å². The largest absolute Gasteiger partial charge is 0.126 e. The Morgan fingerprint density at radius 2 is 1.67 bits per heavy atom. The van der Waals surface area contributed by atoms with Gasteiger partial charge in [-0.2, -0.15) is 0 Å². The molecule has 54 valence electrons. The van der Waals surface area contributed by atoms with Gasteiger partial charge < -0.3 is 0 Å². The van der Waals surface area contributed by atoms with Gasteiger partial charge in [0.15, 0.2) is 0 Å². The second-order valence-corrected chi connectivity index (χ2v) is 8.38. The number of hydrogen-bond donors (Lipinski definition) is 0. The van der Waals surface area contributed by atoms with Crippen molar-refractivity contribution in [1.29, 1.82) is 0 Å². The van der Waals surface area contributed by atoms with Crippen molar-refractivity contribution in [3.05, 3.63) is 0 Å². The van der Waals surface area contributed by atoms with E-state index in [1.165, 1.54) is 6.42 Å². The Labute approximate surface area is 66.5 Å². The molecular formula is C5H14P4. The van der Waals surface area contributed by atoms with Gasteiger partial charge in [0.25, 0.3) is 0 Å². The van der Waals surface area contributed by atoms with Crippen molar-refractivity contribution in [2.75, 3.05) is 0 Å². The summed E-state index contributed by atoms with van der Waals surface area (Å²) in [7, 11) is 11.6. The van der Waals surface area contributed by atoms with Crippen molar-refractivity contribution in [2.24, 2.45) is 5.92 Å². The van der Waals surface area contributed by atoms with Crippen LogP contribution in [0.25, 0.3) is 0 Å². The summed E-state index contributed by atoms with van der Waals surface area (Å²) in [6, 6.07) is 0. The molecule has 9 heavy (non-hydrogen) atoms. The molecular weight excluding hydrogens is 184 g/mol. The molecule has 0 aromatic rings. The Kier molecular flexibility index (Phi) is 2.30. The molecule has 1 aliphatic rings. The van der Waals surface area contributed by atoms with Crippen molar-refractivity contribution in [2.45, 2.75) is 23.1 Å². The van der Waals surface area contributed by atoms with E-state index in [-0.39, 0.29) is 0 Å². The molecule has 0 nitrogen and oxygen atoms in total. The van der Waals surface area contributed by atoms with Gasteiger partial charge in [-0.15, -0.1) is 37.0 Å². The SMILES string of the molecule is CC1CC(P)(P)C1(P)P. The molecule has 0 bridgehead atoms. The summed E-state index contributed by atoms with van der Waals surface area (Å²) < 4.78 is 0. The van der Waals surface area contributed by atoms with Gasteiger partial charge in [0.1, 0.15) is 0 Å². The summed E-state index contributed by atoms with van der Waals surface area (Å²) in [4.78, 5) is 0.685. The molecule has 1 saturated carbocycles. The Balaban J connectivity index is 2.70. The molecule has 0 aliphatic heterocycles. The lowest BCUT2D eigenvalue weighted by Crippen LogP contribution is -2.52. The van der Waals surface area contributed by atoms with Crippen LogP contribution in [0.4, 0.5) is 0 Å². The summed E-state index contributed by atoms with van der Waals surface area (Å²) >= 11 is 0. The fourth-order valence-electron chi connectivity index (χ4n) is 1.18. The van der Waals surface area contributed by atoms with Crippen molar-refractivity contribution in [3.63, 3.8) is 0 Å². The van der Waals surface area contributed by atoms with E-state index in [4.69, 9.17) is 0 Å². The zero-order valence-corrected chi connectivity index (χ0v) is 10.2. The van der Waals surface area contributed by atoms with E-state index in [1.54, 1.807) is 0 Å². The second kappa shape index (κ2) is 2.35. The summed E-state index contributed by atoms with van der Waals surface area (Å²) in [5, 5.41) is 0. The Morgan fingerprint density at radius 3 is 1.67 bits per heavy atom. The zero-order chi connectivity index (χ0) is 7.28. The predicted octanol–water partition coefficient (Wildman–Crippen LogP) is 1.92. The predicted molar refractivity (Wildman–Crippen MR) is 58.1 cm³/mol. The third kappa shape index (κ3) is 1.23.